The number of rotatable bonds is 4. The zero-order valence-corrected chi connectivity index (χ0v) is 13.8. The molecule has 2 rings (SSSR count). The van der Waals surface area contributed by atoms with Crippen molar-refractivity contribution in [3.8, 4) is 0 Å². The Morgan fingerprint density at radius 2 is 2.19 bits per heavy atom. The lowest BCUT2D eigenvalue weighted by molar-refractivity contribution is -0.0424. The van der Waals surface area contributed by atoms with Crippen LogP contribution >= 0.6 is 11.6 Å². The van der Waals surface area contributed by atoms with Gasteiger partial charge in [-0.05, 0) is 56.6 Å². The molecule has 0 saturated heterocycles. The molecule has 4 heteroatoms. The number of halogens is 2. The lowest BCUT2D eigenvalue weighted by atomic mass is 9.71. The van der Waals surface area contributed by atoms with Gasteiger partial charge in [-0.25, -0.2) is 4.39 Å². The molecule has 3 atom stereocenters. The zero-order valence-electron chi connectivity index (χ0n) is 13.1. The van der Waals surface area contributed by atoms with Crippen molar-refractivity contribution in [2.24, 2.45) is 5.92 Å². The molecule has 1 aromatic carbocycles. The van der Waals surface area contributed by atoms with Crippen molar-refractivity contribution in [2.75, 3.05) is 14.1 Å². The van der Waals surface area contributed by atoms with Gasteiger partial charge in [0, 0.05) is 17.0 Å². The van der Waals surface area contributed by atoms with Crippen molar-refractivity contribution in [1.82, 2.24) is 4.90 Å². The molecule has 1 aromatic rings. The second-order valence-corrected chi connectivity index (χ2v) is 7.06. The Morgan fingerprint density at radius 3 is 2.81 bits per heavy atom. The summed E-state index contributed by atoms with van der Waals surface area (Å²) in [5.74, 6) is 0.288. The average molecular weight is 314 g/mol. The van der Waals surface area contributed by atoms with E-state index < -0.39 is 6.10 Å². The Kier molecular flexibility index (Phi) is 5.29. The van der Waals surface area contributed by atoms with Gasteiger partial charge in [0.25, 0.3) is 0 Å². The highest BCUT2D eigenvalue weighted by molar-refractivity contribution is 6.31. The van der Waals surface area contributed by atoms with Crippen molar-refractivity contribution >= 4 is 11.6 Å². The maximum atomic E-state index is 13.4. The van der Waals surface area contributed by atoms with E-state index in [2.05, 4.69) is 11.8 Å². The lowest BCUT2D eigenvalue weighted by Crippen LogP contribution is -2.56. The van der Waals surface area contributed by atoms with Crippen molar-refractivity contribution in [2.45, 2.75) is 50.7 Å². The standard InChI is InChI=1S/C17H25ClFNO/c1-12-5-4-8-17(11-12,20(2)3)16(21)10-13-9-14(19)6-7-15(13)18/h6-7,9,12,16,21H,4-5,8,10-11H2,1-3H3. The molecule has 0 aliphatic heterocycles. The van der Waals surface area contributed by atoms with Gasteiger partial charge in [0.1, 0.15) is 5.82 Å². The molecule has 2 nitrogen and oxygen atoms in total. The van der Waals surface area contributed by atoms with Gasteiger partial charge in [-0.2, -0.15) is 0 Å². The predicted molar refractivity (Wildman–Crippen MR) is 85.2 cm³/mol. The summed E-state index contributed by atoms with van der Waals surface area (Å²) in [5.41, 5.74) is 0.441. The lowest BCUT2D eigenvalue weighted by Gasteiger charge is -2.48. The summed E-state index contributed by atoms with van der Waals surface area (Å²) in [7, 11) is 4.04. The number of aliphatic hydroxyl groups excluding tert-OH is 1. The average Bonchev–Trinajstić information content (AvgIpc) is 2.42. The van der Waals surface area contributed by atoms with Crippen LogP contribution in [0.1, 0.15) is 38.2 Å². The quantitative estimate of drug-likeness (QED) is 0.911. The molecule has 1 fully saturated rings. The monoisotopic (exact) mass is 313 g/mol. The molecule has 0 heterocycles. The predicted octanol–water partition coefficient (Wildman–Crippen LogP) is 3.89. The SMILES string of the molecule is CC1CCCC(C(O)Cc2cc(F)ccc2Cl)(N(C)C)C1. The molecule has 0 amide bonds. The van der Waals surface area contributed by atoms with Gasteiger partial charge in [-0.3, -0.25) is 0 Å². The van der Waals surface area contributed by atoms with E-state index in [-0.39, 0.29) is 11.4 Å². The number of hydrogen-bond acceptors (Lipinski definition) is 2. The smallest absolute Gasteiger partial charge is 0.123 e. The first-order chi connectivity index (χ1) is 9.85. The van der Waals surface area contributed by atoms with E-state index in [9.17, 15) is 9.50 Å². The van der Waals surface area contributed by atoms with Crippen LogP contribution in [0.15, 0.2) is 18.2 Å². The molecule has 1 aliphatic rings. The fourth-order valence-corrected chi connectivity index (χ4v) is 3.86. The first-order valence-corrected chi connectivity index (χ1v) is 8.02. The molecule has 1 N–H and O–H groups in total. The summed E-state index contributed by atoms with van der Waals surface area (Å²) in [6.07, 6.45) is 4.11. The van der Waals surface area contributed by atoms with Crippen LogP contribution in [0.5, 0.6) is 0 Å². The molecule has 3 unspecified atom stereocenters. The summed E-state index contributed by atoms with van der Waals surface area (Å²) in [4.78, 5) is 2.14. The van der Waals surface area contributed by atoms with Crippen LogP contribution in [0, 0.1) is 11.7 Å². The third kappa shape index (κ3) is 3.58. The normalized spacial score (nSPS) is 27.9. The highest BCUT2D eigenvalue weighted by Gasteiger charge is 2.43. The minimum Gasteiger partial charge on any atom is -0.391 e. The van der Waals surface area contributed by atoms with Gasteiger partial charge >= 0.3 is 0 Å². The van der Waals surface area contributed by atoms with E-state index in [1.165, 1.54) is 18.6 Å². The van der Waals surface area contributed by atoms with Crippen molar-refractivity contribution in [1.29, 1.82) is 0 Å². The van der Waals surface area contributed by atoms with E-state index in [0.29, 0.717) is 22.9 Å². The number of nitrogens with zero attached hydrogens (tertiary/aromatic N) is 1. The molecule has 0 bridgehead atoms. The number of benzene rings is 1. The Labute approximate surface area is 131 Å². The Bertz CT molecular complexity index is 494. The van der Waals surface area contributed by atoms with E-state index in [0.717, 1.165) is 19.3 Å². The van der Waals surface area contributed by atoms with Crippen LogP contribution in [0.25, 0.3) is 0 Å². The van der Waals surface area contributed by atoms with Gasteiger partial charge in [0.15, 0.2) is 0 Å². The minimum absolute atomic E-state index is 0.243. The molecule has 1 aliphatic carbocycles. The van der Waals surface area contributed by atoms with E-state index >= 15 is 0 Å². The van der Waals surface area contributed by atoms with Crippen LogP contribution in [0.2, 0.25) is 5.02 Å². The Morgan fingerprint density at radius 1 is 1.48 bits per heavy atom. The summed E-state index contributed by atoms with van der Waals surface area (Å²) in [6.45, 7) is 2.24. The molecule has 1 saturated carbocycles. The van der Waals surface area contributed by atoms with Gasteiger partial charge in [0.2, 0.25) is 0 Å². The highest BCUT2D eigenvalue weighted by Crippen LogP contribution is 2.39. The molecular weight excluding hydrogens is 289 g/mol. The minimum atomic E-state index is -0.547. The number of aliphatic hydroxyl groups is 1. The molecular formula is C17H25ClFNO. The molecule has 21 heavy (non-hydrogen) atoms. The van der Waals surface area contributed by atoms with Gasteiger partial charge < -0.3 is 10.0 Å². The third-order valence-electron chi connectivity index (χ3n) is 4.94. The van der Waals surface area contributed by atoms with Crippen LogP contribution < -0.4 is 0 Å². The second kappa shape index (κ2) is 6.64. The molecule has 118 valence electrons. The van der Waals surface area contributed by atoms with E-state index in [1.54, 1.807) is 6.07 Å². The Hall–Kier alpha value is -0.640. The summed E-state index contributed by atoms with van der Waals surface area (Å²) < 4.78 is 13.4. The summed E-state index contributed by atoms with van der Waals surface area (Å²) >= 11 is 6.14. The number of hydrogen-bond donors (Lipinski definition) is 1. The van der Waals surface area contributed by atoms with Gasteiger partial charge in [-0.1, -0.05) is 31.4 Å². The highest BCUT2D eigenvalue weighted by atomic mass is 35.5. The molecule has 0 radical (unpaired) electrons. The number of likely N-dealkylation sites (N-methyl/N-ethyl adjacent to an activating group) is 1. The zero-order chi connectivity index (χ0) is 15.6. The molecule has 0 aromatic heterocycles. The van der Waals surface area contributed by atoms with Crippen LogP contribution in [-0.4, -0.2) is 35.7 Å². The van der Waals surface area contributed by atoms with Crippen LogP contribution in [-0.2, 0) is 6.42 Å². The maximum absolute atomic E-state index is 13.4. The summed E-state index contributed by atoms with van der Waals surface area (Å²) in [6, 6.07) is 4.34. The Balaban J connectivity index is 2.23. The first kappa shape index (κ1) is 16.7. The van der Waals surface area contributed by atoms with E-state index in [4.69, 9.17) is 11.6 Å². The van der Waals surface area contributed by atoms with Gasteiger partial charge in [0.05, 0.1) is 6.10 Å². The largest absolute Gasteiger partial charge is 0.391 e. The van der Waals surface area contributed by atoms with E-state index in [1.807, 2.05) is 14.1 Å². The van der Waals surface area contributed by atoms with Crippen molar-refractivity contribution in [3.63, 3.8) is 0 Å². The van der Waals surface area contributed by atoms with Gasteiger partial charge in [-0.15, -0.1) is 0 Å². The fourth-order valence-electron chi connectivity index (χ4n) is 3.67. The van der Waals surface area contributed by atoms with Crippen molar-refractivity contribution in [3.05, 3.63) is 34.6 Å². The van der Waals surface area contributed by atoms with Crippen LogP contribution in [0.4, 0.5) is 4.39 Å². The maximum Gasteiger partial charge on any atom is 0.123 e. The molecule has 0 spiro atoms. The fraction of sp³-hybridized carbons (Fsp3) is 0.647. The first-order valence-electron chi connectivity index (χ1n) is 7.64. The summed E-state index contributed by atoms with van der Waals surface area (Å²) in [5, 5.41) is 11.4. The van der Waals surface area contributed by atoms with Crippen molar-refractivity contribution < 1.29 is 9.50 Å². The van der Waals surface area contributed by atoms with Crippen LogP contribution in [0.3, 0.4) is 0 Å². The topological polar surface area (TPSA) is 23.5 Å². The third-order valence-corrected chi connectivity index (χ3v) is 5.31. The second-order valence-electron chi connectivity index (χ2n) is 6.66.